The first-order chi connectivity index (χ1) is 8.21. The van der Waals surface area contributed by atoms with E-state index < -0.39 is 23.4 Å². The van der Waals surface area contributed by atoms with Gasteiger partial charge in [-0.1, -0.05) is 20.8 Å². The van der Waals surface area contributed by atoms with Gasteiger partial charge in [-0.25, -0.2) is 9.18 Å². The summed E-state index contributed by atoms with van der Waals surface area (Å²) < 4.78 is 12.8. The fourth-order valence-electron chi connectivity index (χ4n) is 1.58. The number of nitrogens with one attached hydrogen (secondary N) is 1. The molecule has 0 aromatic heterocycles. The summed E-state index contributed by atoms with van der Waals surface area (Å²) in [6.07, 6.45) is -1.26. The lowest BCUT2D eigenvalue weighted by Gasteiger charge is -2.29. The lowest BCUT2D eigenvalue weighted by Crippen LogP contribution is -2.48. The molecule has 1 atom stereocenters. The Morgan fingerprint density at radius 2 is 1.72 bits per heavy atom. The van der Waals surface area contributed by atoms with Gasteiger partial charge in [0.1, 0.15) is 11.9 Å². The second kappa shape index (κ2) is 5.16. The first-order valence-corrected chi connectivity index (χ1v) is 5.51. The number of carbonyl (C=O) groups is 2. The van der Waals surface area contributed by atoms with Gasteiger partial charge in [-0.05, 0) is 29.7 Å². The van der Waals surface area contributed by atoms with Crippen molar-refractivity contribution in [3.63, 3.8) is 0 Å². The van der Waals surface area contributed by atoms with Crippen LogP contribution in [0.25, 0.3) is 0 Å². The van der Waals surface area contributed by atoms with E-state index in [1.807, 2.05) is 0 Å². The highest BCUT2D eigenvalue weighted by molar-refractivity contribution is 6.01. The molecular formula is C13H16FNO3. The third-order valence-electron chi connectivity index (χ3n) is 2.52. The van der Waals surface area contributed by atoms with Crippen molar-refractivity contribution in [2.75, 3.05) is 0 Å². The zero-order valence-corrected chi connectivity index (χ0v) is 10.5. The molecule has 1 aromatic carbocycles. The molecule has 4 nitrogen and oxygen atoms in total. The van der Waals surface area contributed by atoms with Crippen LogP contribution in [0.3, 0.4) is 0 Å². The summed E-state index contributed by atoms with van der Waals surface area (Å²) in [6, 6.07) is 4.17. The molecule has 0 unspecified atom stereocenters. The Morgan fingerprint density at radius 3 is 2.11 bits per heavy atom. The fourth-order valence-corrected chi connectivity index (χ4v) is 1.58. The fraction of sp³-hybridized carbons (Fsp3) is 0.385. The molecule has 5 heteroatoms. The average molecular weight is 253 g/mol. The number of carbonyl (C=O) groups excluding carboxylic acids is 1. The smallest absolute Gasteiger partial charge is 0.405 e. The zero-order chi connectivity index (χ0) is 13.9. The van der Waals surface area contributed by atoms with E-state index in [9.17, 15) is 14.0 Å². The molecule has 0 aliphatic carbocycles. The molecule has 0 aliphatic rings. The van der Waals surface area contributed by atoms with E-state index in [-0.39, 0.29) is 11.3 Å². The van der Waals surface area contributed by atoms with Crippen LogP contribution in [0.1, 0.15) is 31.1 Å². The molecule has 98 valence electrons. The van der Waals surface area contributed by atoms with Crippen LogP contribution in [-0.2, 0) is 0 Å². The molecule has 0 aliphatic heterocycles. The van der Waals surface area contributed by atoms with Gasteiger partial charge in [-0.15, -0.1) is 0 Å². The van der Waals surface area contributed by atoms with Crippen LogP contribution >= 0.6 is 0 Å². The maximum absolute atomic E-state index is 12.8. The molecule has 1 amide bonds. The van der Waals surface area contributed by atoms with Crippen LogP contribution in [-0.4, -0.2) is 23.0 Å². The molecular weight excluding hydrogens is 237 g/mol. The van der Waals surface area contributed by atoms with Crippen molar-refractivity contribution in [2.45, 2.75) is 26.8 Å². The Labute approximate surface area is 105 Å². The minimum Gasteiger partial charge on any atom is -0.465 e. The number of carboxylic acid groups (broad SMARTS) is 1. The minimum absolute atomic E-state index is 0.282. The maximum Gasteiger partial charge on any atom is 0.405 e. The van der Waals surface area contributed by atoms with E-state index in [1.54, 1.807) is 20.8 Å². The topological polar surface area (TPSA) is 66.4 Å². The quantitative estimate of drug-likeness (QED) is 0.814. The standard InChI is InChI=1S/C13H16FNO3/c1-13(2,3)11(15-12(17)18)10(16)8-4-6-9(14)7-5-8/h4-7,11,15H,1-3H3,(H,17,18)/t11-/m1/s1. The molecule has 0 bridgehead atoms. The number of amides is 1. The van der Waals surface area contributed by atoms with Crippen LogP contribution in [0, 0.1) is 11.2 Å². The average Bonchev–Trinajstić information content (AvgIpc) is 2.24. The van der Waals surface area contributed by atoms with Crippen LogP contribution in [0.15, 0.2) is 24.3 Å². The molecule has 0 heterocycles. The molecule has 0 fully saturated rings. The zero-order valence-electron chi connectivity index (χ0n) is 10.5. The summed E-state index contributed by atoms with van der Waals surface area (Å²) in [5.74, 6) is -0.810. The van der Waals surface area contributed by atoms with Crippen molar-refractivity contribution >= 4 is 11.9 Å². The van der Waals surface area contributed by atoms with Gasteiger partial charge >= 0.3 is 6.09 Å². The monoisotopic (exact) mass is 253 g/mol. The lowest BCUT2D eigenvalue weighted by atomic mass is 9.82. The van der Waals surface area contributed by atoms with Crippen molar-refractivity contribution in [3.05, 3.63) is 35.6 Å². The molecule has 1 rings (SSSR count). The third-order valence-corrected chi connectivity index (χ3v) is 2.52. The van der Waals surface area contributed by atoms with Crippen molar-refractivity contribution < 1.29 is 19.1 Å². The van der Waals surface area contributed by atoms with Gasteiger partial charge in [0, 0.05) is 5.56 Å². The first kappa shape index (κ1) is 14.2. The number of Topliss-reactive ketones (excluding diaryl/α,β-unsaturated/α-hetero) is 1. The largest absolute Gasteiger partial charge is 0.465 e. The van der Waals surface area contributed by atoms with Crippen molar-refractivity contribution in [2.24, 2.45) is 5.41 Å². The molecule has 0 saturated carbocycles. The second-order valence-electron chi connectivity index (χ2n) is 5.12. The normalized spacial score (nSPS) is 12.9. The van der Waals surface area contributed by atoms with Crippen LogP contribution in [0.5, 0.6) is 0 Å². The Morgan fingerprint density at radius 1 is 1.22 bits per heavy atom. The van der Waals surface area contributed by atoms with Gasteiger partial charge in [-0.2, -0.15) is 0 Å². The van der Waals surface area contributed by atoms with Crippen molar-refractivity contribution in [1.82, 2.24) is 5.32 Å². The molecule has 18 heavy (non-hydrogen) atoms. The van der Waals surface area contributed by atoms with Gasteiger partial charge in [-0.3, -0.25) is 4.79 Å². The van der Waals surface area contributed by atoms with Crippen molar-refractivity contribution in [1.29, 1.82) is 0 Å². The SMILES string of the molecule is CC(C)(C)[C@H](NC(=O)O)C(=O)c1ccc(F)cc1. The Hall–Kier alpha value is -1.91. The number of ketones is 1. The van der Waals surface area contributed by atoms with Crippen LogP contribution in [0.4, 0.5) is 9.18 Å². The van der Waals surface area contributed by atoms with Crippen molar-refractivity contribution in [3.8, 4) is 0 Å². The van der Waals surface area contributed by atoms with Gasteiger partial charge in [0.05, 0.1) is 0 Å². The summed E-state index contributed by atoms with van der Waals surface area (Å²) >= 11 is 0. The van der Waals surface area contributed by atoms with E-state index in [0.29, 0.717) is 0 Å². The highest BCUT2D eigenvalue weighted by Crippen LogP contribution is 2.23. The van der Waals surface area contributed by atoms with E-state index >= 15 is 0 Å². The Kier molecular flexibility index (Phi) is 4.06. The van der Waals surface area contributed by atoms with Gasteiger partial charge in [0.2, 0.25) is 0 Å². The van der Waals surface area contributed by atoms with E-state index in [4.69, 9.17) is 5.11 Å². The van der Waals surface area contributed by atoms with Gasteiger partial charge in [0.25, 0.3) is 0 Å². The van der Waals surface area contributed by atoms with E-state index in [2.05, 4.69) is 5.32 Å². The number of hydrogen-bond acceptors (Lipinski definition) is 2. The number of rotatable bonds is 3. The molecule has 0 saturated heterocycles. The summed E-state index contributed by atoms with van der Waals surface area (Å²) in [5.41, 5.74) is -0.283. The number of hydrogen-bond donors (Lipinski definition) is 2. The highest BCUT2D eigenvalue weighted by atomic mass is 19.1. The highest BCUT2D eigenvalue weighted by Gasteiger charge is 2.33. The van der Waals surface area contributed by atoms with Gasteiger partial charge in [0.15, 0.2) is 5.78 Å². The summed E-state index contributed by atoms with van der Waals surface area (Å²) in [7, 11) is 0. The van der Waals surface area contributed by atoms with E-state index in [0.717, 1.165) is 0 Å². The summed E-state index contributed by atoms with van der Waals surface area (Å²) in [5, 5.41) is 11.0. The molecule has 2 N–H and O–H groups in total. The second-order valence-corrected chi connectivity index (χ2v) is 5.12. The molecule has 0 radical (unpaired) electrons. The number of benzene rings is 1. The third kappa shape index (κ3) is 3.55. The number of halogens is 1. The molecule has 1 aromatic rings. The first-order valence-electron chi connectivity index (χ1n) is 5.51. The Balaban J connectivity index is 3.02. The predicted molar refractivity (Wildman–Crippen MR) is 65.1 cm³/mol. The minimum atomic E-state index is -1.26. The summed E-state index contributed by atoms with van der Waals surface area (Å²) in [6.45, 7) is 5.28. The molecule has 0 spiro atoms. The van der Waals surface area contributed by atoms with Crippen LogP contribution in [0.2, 0.25) is 0 Å². The Bertz CT molecular complexity index is 448. The predicted octanol–water partition coefficient (Wildman–Crippen LogP) is 2.69. The van der Waals surface area contributed by atoms with Gasteiger partial charge < -0.3 is 10.4 Å². The summed E-state index contributed by atoms with van der Waals surface area (Å²) in [4.78, 5) is 22.9. The van der Waals surface area contributed by atoms with Crippen LogP contribution < -0.4 is 5.32 Å². The lowest BCUT2D eigenvalue weighted by molar-refractivity contribution is 0.0857. The van der Waals surface area contributed by atoms with E-state index in [1.165, 1.54) is 24.3 Å². The maximum atomic E-state index is 12.8.